The monoisotopic (exact) mass is 484 g/mol. The molecule has 0 bridgehead atoms. The third kappa shape index (κ3) is 10.6. The number of carbonyl (C=O) groups is 6. The Morgan fingerprint density at radius 1 is 0.559 bits per heavy atom. The van der Waals surface area contributed by atoms with Gasteiger partial charge in [-0.1, -0.05) is 13.8 Å². The predicted molar refractivity (Wildman–Crippen MR) is 125 cm³/mol. The average molecular weight is 485 g/mol. The summed E-state index contributed by atoms with van der Waals surface area (Å²) >= 11 is 0. The predicted octanol–water partition coefficient (Wildman–Crippen LogP) is -1.37. The standard InChI is InChI=1S/C22H40N6O6/c1-4-12(18(24)30)7-16(22(34)28-5-2)10-15(21(27)33)9-14(20(26)32)8-13(19(25)31)6-11(3)17(23)29/h11-16H,4-10H2,1-3H3,(H2,23,29)(H2,24,30)(H2,25,31)(H2,26,32)(H2,27,33)(H,28,34). The number of primary amides is 5. The first kappa shape index (κ1) is 30.8. The minimum absolute atomic E-state index is 0.0218. The Morgan fingerprint density at radius 2 is 0.912 bits per heavy atom. The van der Waals surface area contributed by atoms with Crippen LogP contribution < -0.4 is 34.0 Å². The van der Waals surface area contributed by atoms with Crippen molar-refractivity contribution >= 4 is 35.4 Å². The van der Waals surface area contributed by atoms with Gasteiger partial charge < -0.3 is 34.0 Å². The van der Waals surface area contributed by atoms with Crippen molar-refractivity contribution < 1.29 is 28.8 Å². The normalized spacial score (nSPS) is 16.3. The van der Waals surface area contributed by atoms with Gasteiger partial charge in [-0.2, -0.15) is 0 Å². The van der Waals surface area contributed by atoms with E-state index in [4.69, 9.17) is 28.7 Å². The first-order chi connectivity index (χ1) is 15.7. The molecule has 0 aromatic rings. The summed E-state index contributed by atoms with van der Waals surface area (Å²) in [6, 6.07) is 0. The third-order valence-corrected chi connectivity index (χ3v) is 6.22. The average Bonchev–Trinajstić information content (AvgIpc) is 2.73. The topological polar surface area (TPSA) is 245 Å². The van der Waals surface area contributed by atoms with E-state index in [1.165, 1.54) is 6.92 Å². The van der Waals surface area contributed by atoms with Crippen LogP contribution in [0.5, 0.6) is 0 Å². The third-order valence-electron chi connectivity index (χ3n) is 6.22. The van der Waals surface area contributed by atoms with Crippen LogP contribution in [0.3, 0.4) is 0 Å². The van der Waals surface area contributed by atoms with Gasteiger partial charge >= 0.3 is 0 Å². The number of rotatable bonds is 18. The molecule has 0 radical (unpaired) electrons. The van der Waals surface area contributed by atoms with E-state index in [0.29, 0.717) is 13.0 Å². The van der Waals surface area contributed by atoms with Crippen LogP contribution in [0.15, 0.2) is 0 Å². The van der Waals surface area contributed by atoms with Crippen LogP contribution in [0.25, 0.3) is 0 Å². The number of hydrogen-bond acceptors (Lipinski definition) is 6. The van der Waals surface area contributed by atoms with Crippen molar-refractivity contribution in [2.75, 3.05) is 6.54 Å². The molecule has 11 N–H and O–H groups in total. The van der Waals surface area contributed by atoms with Gasteiger partial charge in [0, 0.05) is 42.1 Å². The zero-order valence-corrected chi connectivity index (χ0v) is 20.3. The summed E-state index contributed by atoms with van der Waals surface area (Å²) in [7, 11) is 0. The quantitative estimate of drug-likeness (QED) is 0.137. The van der Waals surface area contributed by atoms with E-state index in [1.807, 2.05) is 0 Å². The summed E-state index contributed by atoms with van der Waals surface area (Å²) in [5, 5.41) is 2.67. The van der Waals surface area contributed by atoms with Crippen molar-refractivity contribution in [3.05, 3.63) is 0 Å². The minimum Gasteiger partial charge on any atom is -0.369 e. The lowest BCUT2D eigenvalue weighted by Crippen LogP contribution is -2.39. The Hall–Kier alpha value is -3.18. The van der Waals surface area contributed by atoms with Crippen molar-refractivity contribution in [2.24, 2.45) is 64.2 Å². The fourth-order valence-electron chi connectivity index (χ4n) is 4.02. The van der Waals surface area contributed by atoms with E-state index >= 15 is 0 Å². The summed E-state index contributed by atoms with van der Waals surface area (Å²) in [6.07, 6.45) is 0.290. The van der Waals surface area contributed by atoms with Crippen molar-refractivity contribution in [1.82, 2.24) is 5.32 Å². The molecule has 12 nitrogen and oxygen atoms in total. The molecule has 6 unspecified atom stereocenters. The van der Waals surface area contributed by atoms with Gasteiger partial charge in [0.25, 0.3) is 0 Å². The van der Waals surface area contributed by atoms with E-state index < -0.39 is 65.0 Å². The highest BCUT2D eigenvalue weighted by Crippen LogP contribution is 2.30. The number of nitrogens with one attached hydrogen (secondary N) is 1. The summed E-state index contributed by atoms with van der Waals surface area (Å²) in [4.78, 5) is 72.1. The fraction of sp³-hybridized carbons (Fsp3) is 0.727. The molecule has 34 heavy (non-hydrogen) atoms. The maximum absolute atomic E-state index is 12.6. The van der Waals surface area contributed by atoms with Gasteiger partial charge in [-0.3, -0.25) is 28.8 Å². The summed E-state index contributed by atoms with van der Waals surface area (Å²) in [5.41, 5.74) is 27.2. The molecular weight excluding hydrogens is 444 g/mol. The zero-order valence-electron chi connectivity index (χ0n) is 20.3. The SMILES string of the molecule is CCNC(=O)C(CC(CC)C(N)=O)CC(CC(CC(CC(C)C(N)=O)C(N)=O)C(N)=O)C(N)=O. The van der Waals surface area contributed by atoms with Gasteiger partial charge in [0.2, 0.25) is 35.4 Å². The molecule has 6 atom stereocenters. The fourth-order valence-corrected chi connectivity index (χ4v) is 4.02. The molecule has 0 aromatic carbocycles. The lowest BCUT2D eigenvalue weighted by Gasteiger charge is -2.27. The lowest BCUT2D eigenvalue weighted by atomic mass is 9.78. The van der Waals surface area contributed by atoms with Crippen LogP contribution in [0.2, 0.25) is 0 Å². The summed E-state index contributed by atoms with van der Waals surface area (Å²) in [5.74, 6) is -8.62. The summed E-state index contributed by atoms with van der Waals surface area (Å²) < 4.78 is 0. The molecule has 0 aliphatic carbocycles. The van der Waals surface area contributed by atoms with Crippen molar-refractivity contribution in [3.63, 3.8) is 0 Å². The second-order valence-corrected chi connectivity index (χ2v) is 8.88. The first-order valence-electron chi connectivity index (χ1n) is 11.5. The Bertz CT molecular complexity index is 758. The van der Waals surface area contributed by atoms with E-state index in [0.717, 1.165) is 0 Å². The Balaban J connectivity index is 5.76. The van der Waals surface area contributed by atoms with Gasteiger partial charge in [-0.25, -0.2) is 0 Å². The summed E-state index contributed by atoms with van der Waals surface area (Å²) in [6.45, 7) is 5.36. The smallest absolute Gasteiger partial charge is 0.223 e. The molecule has 0 aliphatic heterocycles. The van der Waals surface area contributed by atoms with Gasteiger partial charge in [0.15, 0.2) is 0 Å². The molecule has 0 heterocycles. The van der Waals surface area contributed by atoms with E-state index in [9.17, 15) is 28.8 Å². The van der Waals surface area contributed by atoms with Gasteiger partial charge in [0.05, 0.1) is 0 Å². The van der Waals surface area contributed by atoms with Gasteiger partial charge in [0.1, 0.15) is 0 Å². The molecule has 0 aromatic heterocycles. The van der Waals surface area contributed by atoms with E-state index in [-0.39, 0.29) is 38.0 Å². The van der Waals surface area contributed by atoms with Crippen LogP contribution in [0.4, 0.5) is 0 Å². The molecule has 0 fully saturated rings. The molecule has 6 amide bonds. The molecule has 0 aliphatic rings. The highest BCUT2D eigenvalue weighted by molar-refractivity contribution is 5.84. The second kappa shape index (κ2) is 14.9. The number of amides is 6. The van der Waals surface area contributed by atoms with Gasteiger partial charge in [-0.15, -0.1) is 0 Å². The van der Waals surface area contributed by atoms with Gasteiger partial charge in [-0.05, 0) is 45.4 Å². The first-order valence-corrected chi connectivity index (χ1v) is 11.5. The van der Waals surface area contributed by atoms with Crippen LogP contribution >= 0.6 is 0 Å². The molecule has 12 heteroatoms. The highest BCUT2D eigenvalue weighted by Gasteiger charge is 2.34. The maximum Gasteiger partial charge on any atom is 0.223 e. The van der Waals surface area contributed by atoms with E-state index in [1.54, 1.807) is 13.8 Å². The van der Waals surface area contributed by atoms with Crippen molar-refractivity contribution in [1.29, 1.82) is 0 Å². The molecule has 0 saturated heterocycles. The van der Waals surface area contributed by atoms with Crippen molar-refractivity contribution in [2.45, 2.75) is 59.3 Å². The van der Waals surface area contributed by atoms with Crippen molar-refractivity contribution in [3.8, 4) is 0 Å². The highest BCUT2D eigenvalue weighted by atomic mass is 16.2. The lowest BCUT2D eigenvalue weighted by molar-refractivity contribution is -0.129. The minimum atomic E-state index is -0.969. The second-order valence-electron chi connectivity index (χ2n) is 8.88. The largest absolute Gasteiger partial charge is 0.369 e. The van der Waals surface area contributed by atoms with E-state index in [2.05, 4.69) is 5.32 Å². The number of carbonyl (C=O) groups excluding carboxylic acids is 6. The molecule has 0 rings (SSSR count). The molecular formula is C22H40N6O6. The van der Waals surface area contributed by atoms with Crippen LogP contribution in [-0.4, -0.2) is 42.0 Å². The zero-order chi connectivity index (χ0) is 26.6. The molecule has 194 valence electrons. The number of hydrogen-bond donors (Lipinski definition) is 6. The molecule has 0 saturated carbocycles. The Kier molecular flexibility index (Phi) is 13.5. The van der Waals surface area contributed by atoms with Crippen LogP contribution in [0.1, 0.15) is 59.3 Å². The van der Waals surface area contributed by atoms with Crippen LogP contribution in [0, 0.1) is 35.5 Å². The number of nitrogens with two attached hydrogens (primary N) is 5. The Morgan fingerprint density at radius 3 is 1.24 bits per heavy atom. The Labute approximate surface area is 200 Å². The van der Waals surface area contributed by atoms with Crippen LogP contribution in [-0.2, 0) is 28.8 Å². The molecule has 0 spiro atoms. The maximum atomic E-state index is 12.6.